The van der Waals surface area contributed by atoms with Crippen molar-refractivity contribution in [2.45, 2.75) is 19.4 Å². The van der Waals surface area contributed by atoms with E-state index in [2.05, 4.69) is 20.6 Å². The Morgan fingerprint density at radius 3 is 2.90 bits per heavy atom. The van der Waals surface area contributed by atoms with Crippen LogP contribution in [0, 0.1) is 10.1 Å². The second-order valence-corrected chi connectivity index (χ2v) is 4.46. The van der Waals surface area contributed by atoms with E-state index in [9.17, 15) is 14.9 Å². The molecule has 1 unspecified atom stereocenters. The summed E-state index contributed by atoms with van der Waals surface area (Å²) in [5.74, 6) is 0.261. The van der Waals surface area contributed by atoms with Crippen LogP contribution in [0.3, 0.4) is 0 Å². The molecular weight excluding hydrogens is 264 g/mol. The van der Waals surface area contributed by atoms with E-state index < -0.39 is 11.0 Å². The number of hydrogen-bond donors (Lipinski definition) is 2. The fourth-order valence-corrected chi connectivity index (χ4v) is 1.98. The van der Waals surface area contributed by atoms with Gasteiger partial charge in [-0.3, -0.25) is 14.9 Å². The normalized spacial score (nSPS) is 18.2. The van der Waals surface area contributed by atoms with Crippen molar-refractivity contribution in [3.05, 3.63) is 16.3 Å². The molecule has 0 aliphatic carbocycles. The van der Waals surface area contributed by atoms with Crippen LogP contribution in [0.25, 0.3) is 0 Å². The van der Waals surface area contributed by atoms with E-state index in [0.717, 1.165) is 6.20 Å². The summed E-state index contributed by atoms with van der Waals surface area (Å²) in [7, 11) is 1.70. The molecule has 1 amide bonds. The molecule has 1 saturated heterocycles. The number of rotatable bonds is 5. The predicted molar refractivity (Wildman–Crippen MR) is 72.5 cm³/mol. The molecule has 108 valence electrons. The second-order valence-electron chi connectivity index (χ2n) is 4.46. The summed E-state index contributed by atoms with van der Waals surface area (Å²) in [5, 5.41) is 16.7. The van der Waals surface area contributed by atoms with Gasteiger partial charge in [-0.25, -0.2) is 4.98 Å². The van der Waals surface area contributed by atoms with E-state index in [1.54, 1.807) is 11.9 Å². The minimum atomic E-state index is -0.568. The lowest BCUT2D eigenvalue weighted by Crippen LogP contribution is -2.31. The summed E-state index contributed by atoms with van der Waals surface area (Å²) < 4.78 is 0. The van der Waals surface area contributed by atoms with Gasteiger partial charge >= 0.3 is 5.69 Å². The monoisotopic (exact) mass is 280 g/mol. The molecule has 2 N–H and O–H groups in total. The maximum Gasteiger partial charge on any atom is 0.329 e. The number of nitrogens with zero attached hydrogens (tertiary/aromatic N) is 4. The van der Waals surface area contributed by atoms with Gasteiger partial charge in [-0.05, 0) is 13.3 Å². The van der Waals surface area contributed by atoms with Crippen LogP contribution >= 0.6 is 0 Å². The van der Waals surface area contributed by atoms with E-state index in [-0.39, 0.29) is 17.4 Å². The van der Waals surface area contributed by atoms with Gasteiger partial charge < -0.3 is 15.5 Å². The molecule has 0 spiro atoms. The van der Waals surface area contributed by atoms with Gasteiger partial charge in [-0.1, -0.05) is 0 Å². The van der Waals surface area contributed by atoms with Gasteiger partial charge in [0.05, 0.1) is 4.92 Å². The number of carbonyl (C=O) groups excluding carboxylic acids is 1. The van der Waals surface area contributed by atoms with Gasteiger partial charge in [0.2, 0.25) is 17.7 Å². The van der Waals surface area contributed by atoms with Crippen LogP contribution in [0.15, 0.2) is 6.20 Å². The topological polar surface area (TPSA) is 113 Å². The van der Waals surface area contributed by atoms with Crippen molar-refractivity contribution < 1.29 is 9.72 Å². The zero-order valence-corrected chi connectivity index (χ0v) is 11.3. The number of aromatic nitrogens is 2. The third kappa shape index (κ3) is 2.76. The molecule has 2 heterocycles. The number of nitro groups is 1. The molecule has 0 saturated carbocycles. The number of likely N-dealkylation sites (N-methyl/N-ethyl adjacent to an activating group) is 1. The third-order valence-corrected chi connectivity index (χ3v) is 3.04. The second kappa shape index (κ2) is 5.68. The summed E-state index contributed by atoms with van der Waals surface area (Å²) in [6.07, 6.45) is 1.73. The number of anilines is 2. The average Bonchev–Trinajstić information content (AvgIpc) is 2.71. The Morgan fingerprint density at radius 1 is 1.60 bits per heavy atom. The third-order valence-electron chi connectivity index (χ3n) is 3.04. The van der Waals surface area contributed by atoms with Crippen LogP contribution in [-0.2, 0) is 4.79 Å². The first-order chi connectivity index (χ1) is 9.52. The summed E-state index contributed by atoms with van der Waals surface area (Å²) in [4.78, 5) is 31.7. The molecular formula is C11H16N6O3. The van der Waals surface area contributed by atoms with E-state index >= 15 is 0 Å². The number of nitrogens with one attached hydrogen (secondary N) is 2. The van der Waals surface area contributed by atoms with Gasteiger partial charge in [0.1, 0.15) is 12.2 Å². The molecule has 0 aromatic carbocycles. The van der Waals surface area contributed by atoms with Crippen molar-refractivity contribution in [2.24, 2.45) is 0 Å². The van der Waals surface area contributed by atoms with Gasteiger partial charge in [0.15, 0.2) is 0 Å². The molecule has 9 nitrogen and oxygen atoms in total. The summed E-state index contributed by atoms with van der Waals surface area (Å²) in [6, 6.07) is -0.483. The van der Waals surface area contributed by atoms with E-state index in [4.69, 9.17) is 0 Å². The Kier molecular flexibility index (Phi) is 3.97. The van der Waals surface area contributed by atoms with Crippen molar-refractivity contribution in [1.82, 2.24) is 14.9 Å². The highest BCUT2D eigenvalue weighted by Crippen LogP contribution is 2.24. The van der Waals surface area contributed by atoms with Crippen molar-refractivity contribution in [3.8, 4) is 0 Å². The lowest BCUT2D eigenvalue weighted by Gasteiger charge is -2.13. The van der Waals surface area contributed by atoms with Gasteiger partial charge in [0.25, 0.3) is 0 Å². The van der Waals surface area contributed by atoms with Crippen molar-refractivity contribution in [2.75, 3.05) is 30.8 Å². The molecule has 9 heteroatoms. The zero-order valence-electron chi connectivity index (χ0n) is 11.3. The van der Waals surface area contributed by atoms with Crippen LogP contribution in [0.1, 0.15) is 13.3 Å². The quantitative estimate of drug-likeness (QED) is 0.595. The number of amides is 1. The smallest absolute Gasteiger partial charge is 0.329 e. The van der Waals surface area contributed by atoms with Gasteiger partial charge in [0, 0.05) is 20.1 Å². The molecule has 1 aromatic rings. The lowest BCUT2D eigenvalue weighted by molar-refractivity contribution is -0.384. The lowest BCUT2D eigenvalue weighted by atomic mass is 10.2. The Bertz CT molecular complexity index is 535. The number of carbonyl (C=O) groups is 1. The van der Waals surface area contributed by atoms with Crippen molar-refractivity contribution >= 4 is 23.4 Å². The van der Waals surface area contributed by atoms with Gasteiger partial charge in [-0.2, -0.15) is 4.98 Å². The molecule has 2 rings (SSSR count). The largest absolute Gasteiger partial charge is 0.354 e. The van der Waals surface area contributed by atoms with Crippen LogP contribution in [0.4, 0.5) is 17.5 Å². The standard InChI is InChI=1S/C11H16N6O3/c1-3-12-11-13-6-8(17(19)20)9(15-11)14-7-4-5-16(2)10(7)18/h6-7H,3-5H2,1-2H3,(H2,12,13,14,15). The predicted octanol–water partition coefficient (Wildman–Crippen LogP) is 0.459. The van der Waals surface area contributed by atoms with Crippen molar-refractivity contribution in [3.63, 3.8) is 0 Å². The van der Waals surface area contributed by atoms with Crippen LogP contribution in [0.2, 0.25) is 0 Å². The molecule has 20 heavy (non-hydrogen) atoms. The Hall–Kier alpha value is -2.45. The highest BCUT2D eigenvalue weighted by molar-refractivity contribution is 5.86. The highest BCUT2D eigenvalue weighted by atomic mass is 16.6. The molecule has 0 bridgehead atoms. The first-order valence-corrected chi connectivity index (χ1v) is 6.29. The first kappa shape index (κ1) is 14.0. The van der Waals surface area contributed by atoms with Crippen LogP contribution in [0.5, 0.6) is 0 Å². The fourth-order valence-electron chi connectivity index (χ4n) is 1.98. The SMILES string of the molecule is CCNc1ncc([N+](=O)[O-])c(NC2CCN(C)C2=O)n1. The zero-order chi connectivity index (χ0) is 14.7. The first-order valence-electron chi connectivity index (χ1n) is 6.29. The molecule has 1 aliphatic heterocycles. The number of hydrogen-bond acceptors (Lipinski definition) is 7. The Balaban J connectivity index is 2.26. The summed E-state index contributed by atoms with van der Waals surface area (Å²) >= 11 is 0. The molecule has 1 fully saturated rings. The fraction of sp³-hybridized carbons (Fsp3) is 0.545. The molecule has 0 radical (unpaired) electrons. The minimum absolute atomic E-state index is 0.0644. The van der Waals surface area contributed by atoms with Crippen LogP contribution in [-0.4, -0.2) is 51.9 Å². The van der Waals surface area contributed by atoms with E-state index in [1.165, 1.54) is 0 Å². The maximum absolute atomic E-state index is 11.8. The molecule has 1 aromatic heterocycles. The molecule has 1 aliphatic rings. The Labute approximate surface area is 115 Å². The molecule has 1 atom stereocenters. The summed E-state index contributed by atoms with van der Waals surface area (Å²) in [6.45, 7) is 3.09. The number of likely N-dealkylation sites (tertiary alicyclic amines) is 1. The Morgan fingerprint density at radius 2 is 2.35 bits per heavy atom. The van der Waals surface area contributed by atoms with E-state index in [1.807, 2.05) is 6.92 Å². The maximum atomic E-state index is 11.8. The minimum Gasteiger partial charge on any atom is -0.354 e. The van der Waals surface area contributed by atoms with Crippen molar-refractivity contribution in [1.29, 1.82) is 0 Å². The van der Waals surface area contributed by atoms with E-state index in [0.29, 0.717) is 25.5 Å². The summed E-state index contributed by atoms with van der Waals surface area (Å²) in [5.41, 5.74) is -0.242. The highest BCUT2D eigenvalue weighted by Gasteiger charge is 2.31. The average molecular weight is 280 g/mol. The van der Waals surface area contributed by atoms with Gasteiger partial charge in [-0.15, -0.1) is 0 Å². The van der Waals surface area contributed by atoms with Crippen LogP contribution < -0.4 is 10.6 Å².